The van der Waals surface area contributed by atoms with Crippen LogP contribution in [0.1, 0.15) is 5.56 Å². The Kier molecular flexibility index (Phi) is 4.29. The molecule has 17 heavy (non-hydrogen) atoms. The number of aryl methyl sites for hydroxylation is 1. The zero-order valence-electron chi connectivity index (χ0n) is 9.34. The summed E-state index contributed by atoms with van der Waals surface area (Å²) in [5.74, 6) is -1.19. The summed E-state index contributed by atoms with van der Waals surface area (Å²) in [7, 11) is -2.55. The predicted octanol–water partition coefficient (Wildman–Crippen LogP) is 1.46. The number of aliphatic carboxylic acids is 1. The van der Waals surface area contributed by atoms with E-state index in [0.717, 1.165) is 9.87 Å². The Morgan fingerprint density at radius 3 is 2.59 bits per heavy atom. The minimum atomic E-state index is -3.78. The second-order valence-corrected chi connectivity index (χ2v) is 6.35. The number of benzene rings is 1. The molecule has 1 rings (SSSR count). The lowest BCUT2D eigenvalue weighted by molar-refractivity contribution is -0.137. The van der Waals surface area contributed by atoms with Crippen LogP contribution in [0.25, 0.3) is 0 Å². The SMILES string of the molecule is Cc1cccc(S(=O)(=O)N(C)CC(=O)O)c1Br. The highest BCUT2D eigenvalue weighted by atomic mass is 79.9. The van der Waals surface area contributed by atoms with Gasteiger partial charge in [0, 0.05) is 11.5 Å². The van der Waals surface area contributed by atoms with Crippen LogP contribution in [0.15, 0.2) is 27.6 Å². The van der Waals surface area contributed by atoms with E-state index in [2.05, 4.69) is 15.9 Å². The van der Waals surface area contributed by atoms with Gasteiger partial charge < -0.3 is 5.11 Å². The lowest BCUT2D eigenvalue weighted by Gasteiger charge is -2.16. The molecule has 0 atom stereocenters. The molecule has 0 saturated carbocycles. The molecule has 94 valence electrons. The van der Waals surface area contributed by atoms with Crippen molar-refractivity contribution in [1.29, 1.82) is 0 Å². The summed E-state index contributed by atoms with van der Waals surface area (Å²) < 4.78 is 25.4. The third-order valence-electron chi connectivity index (χ3n) is 2.20. The van der Waals surface area contributed by atoms with E-state index in [-0.39, 0.29) is 4.90 Å². The van der Waals surface area contributed by atoms with Crippen molar-refractivity contribution in [2.75, 3.05) is 13.6 Å². The zero-order chi connectivity index (χ0) is 13.2. The first-order valence-corrected chi connectivity index (χ1v) is 6.93. The number of halogens is 1. The van der Waals surface area contributed by atoms with Gasteiger partial charge in [-0.15, -0.1) is 0 Å². The maximum atomic E-state index is 12.1. The summed E-state index contributed by atoms with van der Waals surface area (Å²) in [5, 5.41) is 8.60. The Morgan fingerprint density at radius 1 is 1.47 bits per heavy atom. The third-order valence-corrected chi connectivity index (χ3v) is 5.36. The highest BCUT2D eigenvalue weighted by Gasteiger charge is 2.25. The van der Waals surface area contributed by atoms with Gasteiger partial charge in [-0.3, -0.25) is 4.79 Å². The lowest BCUT2D eigenvalue weighted by atomic mass is 10.2. The van der Waals surface area contributed by atoms with Gasteiger partial charge in [-0.05, 0) is 34.5 Å². The van der Waals surface area contributed by atoms with Gasteiger partial charge in [-0.25, -0.2) is 8.42 Å². The standard InChI is InChI=1S/C10H12BrNO4S/c1-7-4-3-5-8(10(7)11)17(15,16)12(2)6-9(13)14/h3-5H,6H2,1-2H3,(H,13,14). The van der Waals surface area contributed by atoms with Crippen LogP contribution in [0.4, 0.5) is 0 Å². The Labute approximate surface area is 108 Å². The summed E-state index contributed by atoms with van der Waals surface area (Å²) in [6.45, 7) is 1.20. The summed E-state index contributed by atoms with van der Waals surface area (Å²) in [6.07, 6.45) is 0. The molecule has 1 aromatic rings. The fourth-order valence-corrected chi connectivity index (χ4v) is 3.40. The van der Waals surface area contributed by atoms with E-state index >= 15 is 0 Å². The first-order chi connectivity index (χ1) is 7.76. The van der Waals surface area contributed by atoms with E-state index in [1.807, 2.05) is 0 Å². The van der Waals surface area contributed by atoms with Crippen LogP contribution in [0.5, 0.6) is 0 Å². The molecule has 1 N–H and O–H groups in total. The smallest absolute Gasteiger partial charge is 0.318 e. The van der Waals surface area contributed by atoms with Gasteiger partial charge in [0.1, 0.15) is 6.54 Å². The Hall–Kier alpha value is -0.920. The van der Waals surface area contributed by atoms with Gasteiger partial charge in [0.25, 0.3) is 0 Å². The van der Waals surface area contributed by atoms with Crippen molar-refractivity contribution in [3.8, 4) is 0 Å². The molecule has 7 heteroatoms. The van der Waals surface area contributed by atoms with Crippen molar-refractivity contribution >= 4 is 31.9 Å². The molecule has 0 radical (unpaired) electrons. The third kappa shape index (κ3) is 3.05. The number of rotatable bonds is 4. The van der Waals surface area contributed by atoms with Crippen molar-refractivity contribution in [3.05, 3.63) is 28.2 Å². The summed E-state index contributed by atoms with van der Waals surface area (Å²) >= 11 is 3.20. The molecule has 5 nitrogen and oxygen atoms in total. The maximum Gasteiger partial charge on any atom is 0.318 e. The molecule has 0 aliphatic rings. The first kappa shape index (κ1) is 14.1. The molecule has 0 spiro atoms. The highest BCUT2D eigenvalue weighted by molar-refractivity contribution is 9.10. The van der Waals surface area contributed by atoms with E-state index < -0.39 is 22.5 Å². The van der Waals surface area contributed by atoms with Crippen LogP contribution in [-0.4, -0.2) is 37.4 Å². The quantitative estimate of drug-likeness (QED) is 0.911. The van der Waals surface area contributed by atoms with Gasteiger partial charge in [0.2, 0.25) is 10.0 Å². The largest absolute Gasteiger partial charge is 0.480 e. The topological polar surface area (TPSA) is 74.7 Å². The second kappa shape index (κ2) is 5.16. The lowest BCUT2D eigenvalue weighted by Crippen LogP contribution is -2.32. The van der Waals surface area contributed by atoms with E-state index in [0.29, 0.717) is 4.47 Å². The molecule has 0 aliphatic heterocycles. The average molecular weight is 322 g/mol. The summed E-state index contributed by atoms with van der Waals surface area (Å²) in [4.78, 5) is 10.6. The number of hydrogen-bond donors (Lipinski definition) is 1. The van der Waals surface area contributed by atoms with Gasteiger partial charge >= 0.3 is 5.97 Å². The van der Waals surface area contributed by atoms with Crippen LogP contribution < -0.4 is 0 Å². The molecular formula is C10H12BrNO4S. The van der Waals surface area contributed by atoms with E-state index in [4.69, 9.17) is 5.11 Å². The molecule has 0 saturated heterocycles. The van der Waals surface area contributed by atoms with Crippen molar-refractivity contribution < 1.29 is 18.3 Å². The van der Waals surface area contributed by atoms with Gasteiger partial charge in [0.05, 0.1) is 4.90 Å². The Morgan fingerprint density at radius 2 is 2.06 bits per heavy atom. The van der Waals surface area contributed by atoms with Gasteiger partial charge in [-0.2, -0.15) is 4.31 Å². The predicted molar refractivity (Wildman–Crippen MR) is 66.3 cm³/mol. The van der Waals surface area contributed by atoms with Crippen LogP contribution >= 0.6 is 15.9 Å². The van der Waals surface area contributed by atoms with Crippen molar-refractivity contribution in [2.24, 2.45) is 0 Å². The van der Waals surface area contributed by atoms with Crippen LogP contribution in [0.3, 0.4) is 0 Å². The molecule has 0 fully saturated rings. The van der Waals surface area contributed by atoms with Crippen molar-refractivity contribution in [1.82, 2.24) is 4.31 Å². The number of hydrogen-bond acceptors (Lipinski definition) is 3. The van der Waals surface area contributed by atoms with Gasteiger partial charge in [0.15, 0.2) is 0 Å². The summed E-state index contributed by atoms with van der Waals surface area (Å²) in [6, 6.07) is 4.81. The number of carboxylic acid groups (broad SMARTS) is 1. The molecule has 1 aromatic carbocycles. The molecule has 0 aliphatic carbocycles. The number of likely N-dealkylation sites (N-methyl/N-ethyl adjacent to an activating group) is 1. The van der Waals surface area contributed by atoms with E-state index in [9.17, 15) is 13.2 Å². The minimum absolute atomic E-state index is 0.0706. The number of nitrogens with zero attached hydrogens (tertiary/aromatic N) is 1. The van der Waals surface area contributed by atoms with Crippen LogP contribution in [0, 0.1) is 6.92 Å². The van der Waals surface area contributed by atoms with Crippen LogP contribution in [-0.2, 0) is 14.8 Å². The van der Waals surface area contributed by atoms with Gasteiger partial charge in [-0.1, -0.05) is 12.1 Å². The van der Waals surface area contributed by atoms with E-state index in [1.165, 1.54) is 13.1 Å². The molecule has 0 unspecified atom stereocenters. The molecule has 0 bridgehead atoms. The number of sulfonamides is 1. The Balaban J connectivity index is 3.22. The fourth-order valence-electron chi connectivity index (χ4n) is 1.26. The maximum absolute atomic E-state index is 12.1. The average Bonchev–Trinajstić information content (AvgIpc) is 2.20. The monoisotopic (exact) mass is 321 g/mol. The molecule has 0 heterocycles. The first-order valence-electron chi connectivity index (χ1n) is 4.70. The summed E-state index contributed by atoms with van der Waals surface area (Å²) in [5.41, 5.74) is 0.773. The van der Waals surface area contributed by atoms with Crippen LogP contribution in [0.2, 0.25) is 0 Å². The van der Waals surface area contributed by atoms with E-state index in [1.54, 1.807) is 19.1 Å². The highest BCUT2D eigenvalue weighted by Crippen LogP contribution is 2.27. The number of carbonyl (C=O) groups is 1. The zero-order valence-corrected chi connectivity index (χ0v) is 11.7. The molecule has 0 aromatic heterocycles. The fraction of sp³-hybridized carbons (Fsp3) is 0.300. The second-order valence-electron chi connectivity index (χ2n) is 3.54. The normalized spacial score (nSPS) is 11.8. The molecule has 0 amide bonds. The minimum Gasteiger partial charge on any atom is -0.480 e. The Bertz CT molecular complexity index is 541. The van der Waals surface area contributed by atoms with Crippen molar-refractivity contribution in [2.45, 2.75) is 11.8 Å². The number of carboxylic acids is 1. The molecular weight excluding hydrogens is 310 g/mol. The van der Waals surface area contributed by atoms with Crippen molar-refractivity contribution in [3.63, 3.8) is 0 Å².